The quantitative estimate of drug-likeness (QED) is 0.610. The van der Waals surface area contributed by atoms with Gasteiger partial charge in [0.25, 0.3) is 6.18 Å². The summed E-state index contributed by atoms with van der Waals surface area (Å²) in [5, 5.41) is 8.87. The van der Waals surface area contributed by atoms with E-state index in [1.165, 1.54) is 6.42 Å². The maximum Gasteiger partial charge on any atom is 0.294 e. The summed E-state index contributed by atoms with van der Waals surface area (Å²) in [5.74, 6) is 1.14. The van der Waals surface area contributed by atoms with Gasteiger partial charge < -0.3 is 5.11 Å². The minimum atomic E-state index is -4.51. The first-order valence-electron chi connectivity index (χ1n) is 5.09. The first-order valence-corrected chi connectivity index (χ1v) is 5.09. The van der Waals surface area contributed by atoms with Crippen molar-refractivity contribution in [3.63, 3.8) is 0 Å². The molecule has 0 radical (unpaired) electrons. The fraction of sp³-hybridized carbons (Fsp3) is 0.900. The van der Waals surface area contributed by atoms with Crippen molar-refractivity contribution in [2.45, 2.75) is 38.3 Å². The van der Waals surface area contributed by atoms with E-state index in [9.17, 15) is 13.2 Å². The molecule has 2 bridgehead atoms. The molecule has 0 aromatic heterocycles. The number of rotatable bonds is 2. The maximum atomic E-state index is 12.1. The fourth-order valence-corrected chi connectivity index (χ4v) is 2.99. The third-order valence-electron chi connectivity index (χ3n) is 3.67. The average Bonchev–Trinajstić information content (AvgIpc) is 2.62. The van der Waals surface area contributed by atoms with E-state index >= 15 is 0 Å². The number of aliphatic hydroxyl groups is 1. The number of hydrogen-bond acceptors (Lipinski definition) is 1. The van der Waals surface area contributed by atoms with Crippen molar-refractivity contribution < 1.29 is 18.3 Å². The van der Waals surface area contributed by atoms with E-state index < -0.39 is 12.3 Å². The summed E-state index contributed by atoms with van der Waals surface area (Å²) in [4.78, 5) is 0. The fourth-order valence-electron chi connectivity index (χ4n) is 2.99. The summed E-state index contributed by atoms with van der Waals surface area (Å²) >= 11 is 0. The van der Waals surface area contributed by atoms with Crippen molar-refractivity contribution in [3.8, 4) is 0 Å². The van der Waals surface area contributed by atoms with Gasteiger partial charge >= 0.3 is 0 Å². The van der Waals surface area contributed by atoms with Crippen LogP contribution < -0.4 is 0 Å². The Morgan fingerprint density at radius 2 is 1.87 bits per heavy atom. The van der Waals surface area contributed by atoms with Crippen LogP contribution in [-0.4, -0.2) is 11.3 Å². The van der Waals surface area contributed by atoms with Gasteiger partial charge in [-0.15, -0.1) is 6.42 Å². The molecule has 0 heterocycles. The van der Waals surface area contributed by atoms with Crippen LogP contribution in [0.15, 0.2) is 0 Å². The van der Waals surface area contributed by atoms with Crippen LogP contribution >= 0.6 is 0 Å². The van der Waals surface area contributed by atoms with Crippen LogP contribution in [0.1, 0.15) is 32.1 Å². The molecular formula is C10H14F3ORf-. The monoisotopic (exact) mass is 474 g/mol. The van der Waals surface area contributed by atoms with Crippen LogP contribution in [0.2, 0.25) is 0 Å². The molecule has 0 aromatic rings. The van der Waals surface area contributed by atoms with Crippen LogP contribution in [0.4, 0.5) is 13.2 Å². The molecule has 84 valence electrons. The van der Waals surface area contributed by atoms with Crippen LogP contribution in [-0.2, 0) is 0 Å². The standard InChI is InChI=1S/C10H14F3O.Rf/c11-10(12,13)9(14)5-8-4-6-1-2-7(8)3-6;/h6-8,14H,1-5H2;/q-1;. The summed E-state index contributed by atoms with van der Waals surface area (Å²) < 4.78 is 36.2. The summed E-state index contributed by atoms with van der Waals surface area (Å²) in [7, 11) is 0. The van der Waals surface area contributed by atoms with Gasteiger partial charge in [0.15, 0.2) is 0 Å². The third-order valence-corrected chi connectivity index (χ3v) is 3.67. The number of fused-ring (bicyclic) bond motifs is 2. The zero-order chi connectivity index (χ0) is 10.3. The molecule has 15 heavy (non-hydrogen) atoms. The SMILES string of the molecule is O[C-](CC1CC2CCC1C2)C(F)(F)F.[Rf]. The zero-order valence-electron chi connectivity index (χ0n) is 8.56. The van der Waals surface area contributed by atoms with Gasteiger partial charge in [-0.25, -0.2) is 13.2 Å². The van der Waals surface area contributed by atoms with Gasteiger partial charge in [0.2, 0.25) is 0 Å². The Hall–Kier alpha value is -1.25. The predicted octanol–water partition coefficient (Wildman–Crippen LogP) is 3.28. The van der Waals surface area contributed by atoms with Crippen molar-refractivity contribution in [2.75, 3.05) is 0 Å². The molecule has 2 aliphatic rings. The molecule has 5 heteroatoms. The summed E-state index contributed by atoms with van der Waals surface area (Å²) in [6, 6.07) is 0. The Morgan fingerprint density at radius 1 is 1.20 bits per heavy atom. The molecule has 0 amide bonds. The third kappa shape index (κ3) is 2.22. The number of hydrogen-bond donors (Lipinski definition) is 1. The van der Waals surface area contributed by atoms with E-state index in [0.717, 1.165) is 19.3 Å². The second-order valence-electron chi connectivity index (χ2n) is 4.58. The Balaban J connectivity index is 0.00000112. The van der Waals surface area contributed by atoms with E-state index in [1.54, 1.807) is 0 Å². The minimum Gasteiger partial charge on any atom is -0.554 e. The Kier molecular flexibility index (Phi) is 2.93. The van der Waals surface area contributed by atoms with Crippen LogP contribution in [0.25, 0.3) is 0 Å². The number of halogens is 3. The van der Waals surface area contributed by atoms with Crippen LogP contribution in [0, 0.1) is 23.9 Å². The van der Waals surface area contributed by atoms with Crippen molar-refractivity contribution in [3.05, 3.63) is 6.10 Å². The first kappa shape index (κ1) is 11.8. The maximum absolute atomic E-state index is 12.1. The van der Waals surface area contributed by atoms with Gasteiger partial charge in [-0.3, -0.25) is 0 Å². The topological polar surface area (TPSA) is 20.2 Å². The van der Waals surface area contributed by atoms with E-state index in [0.29, 0.717) is 11.8 Å². The van der Waals surface area contributed by atoms with Crippen LogP contribution in [0.5, 0.6) is 0 Å². The molecule has 3 unspecified atom stereocenters. The molecule has 1 N–H and O–H groups in total. The Morgan fingerprint density at radius 3 is 2.27 bits per heavy atom. The van der Waals surface area contributed by atoms with Gasteiger partial charge in [0, 0.05) is 0 Å². The smallest absolute Gasteiger partial charge is 0.294 e. The van der Waals surface area contributed by atoms with Crippen molar-refractivity contribution >= 4 is 0 Å². The van der Waals surface area contributed by atoms with E-state index in [4.69, 9.17) is 5.11 Å². The second-order valence-corrected chi connectivity index (χ2v) is 4.58. The normalized spacial score (nSPS) is 34.6. The van der Waals surface area contributed by atoms with Gasteiger partial charge in [-0.1, -0.05) is 24.9 Å². The largest absolute Gasteiger partial charge is 0.554 e. The molecule has 2 aliphatic carbocycles. The van der Waals surface area contributed by atoms with E-state index in [1.807, 2.05) is 0 Å². The summed E-state index contributed by atoms with van der Waals surface area (Å²) in [6.07, 6.45) is -1.77. The van der Waals surface area contributed by atoms with Crippen molar-refractivity contribution in [1.82, 2.24) is 0 Å². The molecule has 0 spiro atoms. The molecule has 0 aromatic carbocycles. The molecule has 0 aliphatic heterocycles. The van der Waals surface area contributed by atoms with Crippen LogP contribution in [0.3, 0.4) is 0 Å². The van der Waals surface area contributed by atoms with Gasteiger partial charge in [-0.05, 0) is 24.7 Å². The summed E-state index contributed by atoms with van der Waals surface area (Å²) in [5.41, 5.74) is 0. The molecule has 3 atom stereocenters. The van der Waals surface area contributed by atoms with Gasteiger partial charge in [-0.2, -0.15) is 0 Å². The van der Waals surface area contributed by atoms with Gasteiger partial charge in [0.05, 0.1) is 0 Å². The van der Waals surface area contributed by atoms with E-state index in [2.05, 4.69) is 0 Å². The molecule has 1 nitrogen and oxygen atoms in total. The predicted molar refractivity (Wildman–Crippen MR) is 44.8 cm³/mol. The Bertz CT molecular complexity index is 219. The van der Waals surface area contributed by atoms with Crippen molar-refractivity contribution in [1.29, 1.82) is 0 Å². The molecule has 2 saturated carbocycles. The average molecular weight is 474 g/mol. The minimum absolute atomic E-state index is 0. The number of alkyl halides is 3. The Labute approximate surface area is 81.3 Å². The van der Waals surface area contributed by atoms with Gasteiger partial charge in [0.1, 0.15) is 0 Å². The molecule has 0 saturated heterocycles. The second kappa shape index (κ2) is 3.72. The first-order chi connectivity index (χ1) is 6.47. The zero-order valence-corrected chi connectivity index (χ0v) is 15.0. The molecule has 2 fully saturated rings. The number of aliphatic hydroxyl groups excluding tert-OH is 1. The van der Waals surface area contributed by atoms with E-state index in [-0.39, 0.29) is 12.3 Å². The van der Waals surface area contributed by atoms with Crippen molar-refractivity contribution in [2.24, 2.45) is 17.8 Å². The summed E-state index contributed by atoms with van der Waals surface area (Å²) in [6.45, 7) is 0. The molecular weight excluding hydrogens is 460 g/mol. The molecule has 2 rings (SSSR count).